The average molecular weight is 142 g/mol. The summed E-state index contributed by atoms with van der Waals surface area (Å²) in [5, 5.41) is 8.36. The monoisotopic (exact) mass is 142 g/mol. The van der Waals surface area contributed by atoms with Crippen molar-refractivity contribution in [3.63, 3.8) is 0 Å². The number of hydrogen-bond acceptors (Lipinski definition) is 1. The first-order valence-corrected chi connectivity index (χ1v) is 3.79. The van der Waals surface area contributed by atoms with E-state index in [9.17, 15) is 4.79 Å². The number of aliphatic carboxylic acids is 1. The van der Waals surface area contributed by atoms with Crippen LogP contribution >= 0.6 is 0 Å². The highest BCUT2D eigenvalue weighted by Crippen LogP contribution is 2.11. The van der Waals surface area contributed by atoms with Crippen molar-refractivity contribution in [3.8, 4) is 0 Å². The second kappa shape index (κ2) is 3.24. The van der Waals surface area contributed by atoms with Crippen LogP contribution in [0.2, 0.25) is 5.54 Å². The van der Waals surface area contributed by atoms with Gasteiger partial charge in [0.25, 0.3) is 0 Å². The lowest BCUT2D eigenvalue weighted by atomic mass is 10.2. The van der Waals surface area contributed by atoms with E-state index in [0.717, 1.165) is 10.2 Å². The van der Waals surface area contributed by atoms with Gasteiger partial charge in [-0.25, -0.2) is 4.79 Å². The third kappa shape index (κ3) is 2.28. The molecule has 50 valence electrons. The average Bonchev–Trinajstić information content (AvgIpc) is 1.84. The van der Waals surface area contributed by atoms with Crippen LogP contribution in [0, 0.1) is 0 Å². The highest BCUT2D eigenvalue weighted by atomic mass is 28.1. The van der Waals surface area contributed by atoms with Gasteiger partial charge in [-0.2, -0.15) is 0 Å². The van der Waals surface area contributed by atoms with Gasteiger partial charge in [0.2, 0.25) is 0 Å². The molecule has 0 aromatic carbocycles. The van der Waals surface area contributed by atoms with Crippen LogP contribution in [0.15, 0.2) is 24.8 Å². The molecule has 0 radical (unpaired) electrons. The van der Waals surface area contributed by atoms with Crippen molar-refractivity contribution in [2.75, 3.05) is 0 Å². The lowest BCUT2D eigenvalue weighted by Crippen LogP contribution is -2.04. The molecule has 0 spiro atoms. The quantitative estimate of drug-likeness (QED) is 0.341. The third-order valence-corrected chi connectivity index (χ3v) is 2.35. The fourth-order valence-electron chi connectivity index (χ4n) is 0.337. The lowest BCUT2D eigenvalue weighted by molar-refractivity contribution is -0.132. The van der Waals surface area contributed by atoms with Crippen LogP contribution in [0.4, 0.5) is 0 Å². The van der Waals surface area contributed by atoms with Crippen LogP contribution in [-0.4, -0.2) is 21.3 Å². The summed E-state index contributed by atoms with van der Waals surface area (Å²) in [6.45, 7) is 6.86. The van der Waals surface area contributed by atoms with Crippen molar-refractivity contribution < 1.29 is 9.90 Å². The molecule has 3 heteroatoms. The van der Waals surface area contributed by atoms with Gasteiger partial charge in [-0.3, -0.25) is 0 Å². The minimum Gasteiger partial charge on any atom is -0.478 e. The molecule has 1 atom stereocenters. The van der Waals surface area contributed by atoms with Crippen molar-refractivity contribution in [2.45, 2.75) is 5.54 Å². The van der Waals surface area contributed by atoms with Crippen LogP contribution in [0.25, 0.3) is 0 Å². The van der Waals surface area contributed by atoms with E-state index < -0.39 is 5.97 Å². The number of rotatable bonds is 3. The van der Waals surface area contributed by atoms with Crippen molar-refractivity contribution in [1.29, 1.82) is 0 Å². The molecule has 0 heterocycles. The van der Waals surface area contributed by atoms with Crippen LogP contribution < -0.4 is 0 Å². The summed E-state index contributed by atoms with van der Waals surface area (Å²) in [7, 11) is 0.773. The molecule has 0 aliphatic rings. The Morgan fingerprint density at radius 3 is 2.33 bits per heavy atom. The van der Waals surface area contributed by atoms with E-state index in [4.69, 9.17) is 5.11 Å². The van der Waals surface area contributed by atoms with Gasteiger partial charge in [0.05, 0.1) is 0 Å². The molecular formula is C6H10O2Si. The normalized spacial score (nSPS) is 12.4. The molecule has 0 aliphatic heterocycles. The van der Waals surface area contributed by atoms with Gasteiger partial charge >= 0.3 is 5.97 Å². The van der Waals surface area contributed by atoms with Gasteiger partial charge in [0.1, 0.15) is 0 Å². The molecule has 1 N–H and O–H groups in total. The summed E-state index contributed by atoms with van der Waals surface area (Å²) < 4.78 is 0. The predicted octanol–water partition coefficient (Wildman–Crippen LogP) is -0.0329. The molecule has 0 saturated heterocycles. The highest BCUT2D eigenvalue weighted by Gasteiger charge is 2.08. The van der Waals surface area contributed by atoms with Gasteiger partial charge in [0.15, 0.2) is 0 Å². The Labute approximate surface area is 57.3 Å². The topological polar surface area (TPSA) is 37.3 Å². The fourth-order valence-corrected chi connectivity index (χ4v) is 0.584. The Balaban J connectivity index is 4.03. The van der Waals surface area contributed by atoms with E-state index in [0.29, 0.717) is 0 Å². The molecule has 2 nitrogen and oxygen atoms in total. The molecule has 0 rings (SSSR count). The molecule has 0 aliphatic carbocycles. The summed E-state index contributed by atoms with van der Waals surface area (Å²) in [4.78, 5) is 10.2. The maximum Gasteiger partial charge on any atom is 0.331 e. The van der Waals surface area contributed by atoms with E-state index >= 15 is 0 Å². The van der Waals surface area contributed by atoms with E-state index in [1.165, 1.54) is 0 Å². The van der Waals surface area contributed by atoms with E-state index in [-0.39, 0.29) is 11.1 Å². The standard InChI is InChI=1S/C6H10O2Si/c1-3-5(9)4(2)6(7)8/h3,5H,1-2H2,9H3,(H,7,8). The molecule has 0 amide bonds. The first kappa shape index (κ1) is 8.17. The summed E-state index contributed by atoms with van der Waals surface area (Å²) in [6.07, 6.45) is 1.61. The highest BCUT2D eigenvalue weighted by molar-refractivity contribution is 6.18. The van der Waals surface area contributed by atoms with Gasteiger partial charge in [-0.1, -0.05) is 12.7 Å². The Bertz CT molecular complexity index is 151. The lowest BCUT2D eigenvalue weighted by Gasteiger charge is -2.02. The maximum atomic E-state index is 10.2. The van der Waals surface area contributed by atoms with Crippen molar-refractivity contribution in [3.05, 3.63) is 24.8 Å². The van der Waals surface area contributed by atoms with E-state index in [1.54, 1.807) is 6.08 Å². The molecule has 0 fully saturated rings. The Hall–Kier alpha value is -0.833. The number of carboxylic acid groups (broad SMARTS) is 1. The van der Waals surface area contributed by atoms with E-state index in [2.05, 4.69) is 13.2 Å². The molecular weight excluding hydrogens is 132 g/mol. The Kier molecular flexibility index (Phi) is 2.94. The second-order valence-corrected chi connectivity index (χ2v) is 3.10. The Morgan fingerprint density at radius 2 is 2.22 bits per heavy atom. The summed E-state index contributed by atoms with van der Waals surface area (Å²) in [5.74, 6) is -0.921. The number of carboxylic acids is 1. The number of allylic oxidation sites excluding steroid dienone is 1. The summed E-state index contributed by atoms with van der Waals surface area (Å²) >= 11 is 0. The first-order chi connectivity index (χ1) is 4.09. The predicted molar refractivity (Wildman–Crippen MR) is 40.7 cm³/mol. The maximum absolute atomic E-state index is 10.2. The van der Waals surface area contributed by atoms with Gasteiger partial charge in [0, 0.05) is 15.8 Å². The molecule has 0 aromatic heterocycles. The molecule has 0 saturated carbocycles. The first-order valence-electron chi connectivity index (χ1n) is 2.64. The Morgan fingerprint density at radius 1 is 1.78 bits per heavy atom. The van der Waals surface area contributed by atoms with E-state index in [1.807, 2.05) is 0 Å². The minimum absolute atomic E-state index is 0.00231. The van der Waals surface area contributed by atoms with Crippen LogP contribution in [0.5, 0.6) is 0 Å². The zero-order valence-electron chi connectivity index (χ0n) is 5.42. The molecule has 0 aromatic rings. The largest absolute Gasteiger partial charge is 0.478 e. The van der Waals surface area contributed by atoms with Crippen LogP contribution in [0.1, 0.15) is 0 Å². The van der Waals surface area contributed by atoms with Gasteiger partial charge in [-0.15, -0.1) is 6.58 Å². The molecule has 1 unspecified atom stereocenters. The zero-order chi connectivity index (χ0) is 7.44. The van der Waals surface area contributed by atoms with Gasteiger partial charge in [-0.05, 0) is 5.54 Å². The summed E-state index contributed by atoms with van der Waals surface area (Å²) in [6, 6.07) is 0. The second-order valence-electron chi connectivity index (χ2n) is 1.85. The number of carbonyl (C=O) groups is 1. The van der Waals surface area contributed by atoms with Gasteiger partial charge < -0.3 is 5.11 Å². The van der Waals surface area contributed by atoms with Crippen molar-refractivity contribution >= 4 is 16.2 Å². The third-order valence-electron chi connectivity index (χ3n) is 1.18. The van der Waals surface area contributed by atoms with Crippen LogP contribution in [-0.2, 0) is 4.79 Å². The smallest absolute Gasteiger partial charge is 0.331 e. The fraction of sp³-hybridized carbons (Fsp3) is 0.167. The number of hydrogen-bond donors (Lipinski definition) is 1. The summed E-state index contributed by atoms with van der Waals surface area (Å²) in [5.41, 5.74) is 0.249. The molecule has 9 heavy (non-hydrogen) atoms. The van der Waals surface area contributed by atoms with Crippen LogP contribution in [0.3, 0.4) is 0 Å². The SMILES string of the molecule is C=CC([SiH3])C(=C)C(=O)O. The molecule has 0 bridgehead atoms. The van der Waals surface area contributed by atoms with Crippen molar-refractivity contribution in [1.82, 2.24) is 0 Å². The minimum atomic E-state index is -0.921. The zero-order valence-corrected chi connectivity index (χ0v) is 7.42. The van der Waals surface area contributed by atoms with Crippen molar-refractivity contribution in [2.24, 2.45) is 0 Å².